The van der Waals surface area contributed by atoms with Crippen molar-refractivity contribution in [2.24, 2.45) is 0 Å². The molecule has 0 radical (unpaired) electrons. The number of benzene rings is 2. The largest absolute Gasteiger partial charge is 0.506 e. The molecule has 1 amide bonds. The van der Waals surface area contributed by atoms with E-state index >= 15 is 0 Å². The SMILES string of the molecule is COc1ccc(C[C@@H](C)[NH2+]C[C@H](O)c2ccc(O)c(NC=O)c2)cc1. The maximum Gasteiger partial charge on any atom is 0.211 e. The smallest absolute Gasteiger partial charge is 0.211 e. The summed E-state index contributed by atoms with van der Waals surface area (Å²) in [5.74, 6) is 0.808. The fraction of sp³-hybridized carbons (Fsp3) is 0.316. The predicted octanol–water partition coefficient (Wildman–Crippen LogP) is 1.20. The van der Waals surface area contributed by atoms with E-state index in [-0.39, 0.29) is 11.4 Å². The van der Waals surface area contributed by atoms with Crippen molar-refractivity contribution in [1.82, 2.24) is 0 Å². The van der Waals surface area contributed by atoms with Gasteiger partial charge in [0.25, 0.3) is 0 Å². The van der Waals surface area contributed by atoms with Crippen LogP contribution in [0.25, 0.3) is 0 Å². The number of hydrogen-bond acceptors (Lipinski definition) is 4. The van der Waals surface area contributed by atoms with Gasteiger partial charge in [0.2, 0.25) is 6.41 Å². The maximum absolute atomic E-state index is 10.5. The Labute approximate surface area is 147 Å². The first kappa shape index (κ1) is 18.8. The number of nitrogens with one attached hydrogen (secondary N) is 1. The average molecular weight is 345 g/mol. The van der Waals surface area contributed by atoms with E-state index in [4.69, 9.17) is 4.74 Å². The van der Waals surface area contributed by atoms with Crippen molar-refractivity contribution in [2.45, 2.75) is 25.5 Å². The highest BCUT2D eigenvalue weighted by molar-refractivity contribution is 5.75. The first-order valence-corrected chi connectivity index (χ1v) is 8.21. The third-order valence-corrected chi connectivity index (χ3v) is 4.10. The van der Waals surface area contributed by atoms with E-state index in [1.165, 1.54) is 11.6 Å². The number of ether oxygens (including phenoxy) is 1. The molecule has 5 N–H and O–H groups in total. The summed E-state index contributed by atoms with van der Waals surface area (Å²) < 4.78 is 5.15. The number of hydrogen-bond donors (Lipinski definition) is 4. The van der Waals surface area contributed by atoms with Crippen LogP contribution in [0.2, 0.25) is 0 Å². The Kier molecular flexibility index (Phi) is 6.80. The molecule has 0 aliphatic carbocycles. The van der Waals surface area contributed by atoms with Gasteiger partial charge in [-0.15, -0.1) is 0 Å². The fourth-order valence-electron chi connectivity index (χ4n) is 2.65. The van der Waals surface area contributed by atoms with Crippen molar-refractivity contribution in [3.8, 4) is 11.5 Å². The van der Waals surface area contributed by atoms with E-state index in [0.29, 0.717) is 24.6 Å². The summed E-state index contributed by atoms with van der Waals surface area (Å²) in [6.45, 7) is 2.59. The molecule has 2 rings (SSSR count). The van der Waals surface area contributed by atoms with Crippen LogP contribution in [-0.2, 0) is 11.2 Å². The van der Waals surface area contributed by atoms with Crippen LogP contribution in [0.5, 0.6) is 11.5 Å². The first-order valence-electron chi connectivity index (χ1n) is 8.21. The third-order valence-electron chi connectivity index (χ3n) is 4.10. The number of quaternary nitrogens is 1. The molecule has 0 saturated heterocycles. The molecule has 2 aromatic carbocycles. The molecular weight excluding hydrogens is 320 g/mol. The number of nitrogens with two attached hydrogens (primary N) is 1. The number of carbonyl (C=O) groups is 1. The Morgan fingerprint density at radius 2 is 1.96 bits per heavy atom. The third kappa shape index (κ3) is 5.48. The number of amides is 1. The Morgan fingerprint density at radius 1 is 1.24 bits per heavy atom. The second kappa shape index (κ2) is 9.05. The summed E-state index contributed by atoms with van der Waals surface area (Å²) in [6, 6.07) is 12.9. The predicted molar refractivity (Wildman–Crippen MR) is 95.7 cm³/mol. The quantitative estimate of drug-likeness (QED) is 0.406. The number of phenols is 1. The first-order chi connectivity index (χ1) is 12.0. The molecule has 0 bridgehead atoms. The van der Waals surface area contributed by atoms with Gasteiger partial charge in [-0.05, 0) is 42.3 Å². The van der Waals surface area contributed by atoms with E-state index in [2.05, 4.69) is 17.6 Å². The Morgan fingerprint density at radius 3 is 2.60 bits per heavy atom. The second-order valence-corrected chi connectivity index (χ2v) is 6.06. The summed E-state index contributed by atoms with van der Waals surface area (Å²) in [5, 5.41) is 24.5. The number of phenolic OH excluding ortho intramolecular Hbond substituents is 1. The summed E-state index contributed by atoms with van der Waals surface area (Å²) >= 11 is 0. The molecule has 6 heteroatoms. The lowest BCUT2D eigenvalue weighted by Crippen LogP contribution is -2.90. The van der Waals surface area contributed by atoms with Gasteiger partial charge in [-0.1, -0.05) is 18.2 Å². The number of rotatable bonds is 9. The van der Waals surface area contributed by atoms with Crippen LogP contribution in [0.4, 0.5) is 5.69 Å². The van der Waals surface area contributed by atoms with E-state index in [9.17, 15) is 15.0 Å². The van der Waals surface area contributed by atoms with Gasteiger partial charge in [-0.2, -0.15) is 0 Å². The van der Waals surface area contributed by atoms with Gasteiger partial charge in [0.1, 0.15) is 24.1 Å². The maximum atomic E-state index is 10.5. The summed E-state index contributed by atoms with van der Waals surface area (Å²) in [7, 11) is 1.64. The van der Waals surface area contributed by atoms with E-state index in [0.717, 1.165) is 12.2 Å². The Balaban J connectivity index is 1.88. The average Bonchev–Trinajstić information content (AvgIpc) is 2.62. The van der Waals surface area contributed by atoms with E-state index < -0.39 is 6.10 Å². The number of aliphatic hydroxyl groups is 1. The molecule has 0 fully saturated rings. The van der Waals surface area contributed by atoms with Crippen molar-refractivity contribution in [1.29, 1.82) is 0 Å². The molecule has 6 nitrogen and oxygen atoms in total. The minimum Gasteiger partial charge on any atom is -0.506 e. The zero-order valence-electron chi connectivity index (χ0n) is 14.5. The molecule has 0 heterocycles. The molecule has 2 aromatic rings. The van der Waals surface area contributed by atoms with Gasteiger partial charge in [0.15, 0.2) is 0 Å². The molecule has 134 valence electrons. The summed E-state index contributed by atoms with van der Waals surface area (Å²) in [6.07, 6.45) is 0.685. The zero-order valence-corrected chi connectivity index (χ0v) is 14.5. The lowest BCUT2D eigenvalue weighted by Gasteiger charge is -2.16. The van der Waals surface area contributed by atoms with Gasteiger partial charge in [-0.25, -0.2) is 0 Å². The number of carbonyl (C=O) groups excluding carboxylic acids is 1. The lowest BCUT2D eigenvalue weighted by molar-refractivity contribution is -0.692. The van der Waals surface area contributed by atoms with Crippen LogP contribution in [0, 0.1) is 0 Å². The van der Waals surface area contributed by atoms with Gasteiger partial charge in [0, 0.05) is 6.42 Å². The summed E-state index contributed by atoms with van der Waals surface area (Å²) in [4.78, 5) is 10.5. The molecule has 0 aliphatic heterocycles. The molecular formula is C19H25N2O4+. The van der Waals surface area contributed by atoms with Gasteiger partial charge in [0.05, 0.1) is 18.8 Å². The van der Waals surface area contributed by atoms with Crippen LogP contribution < -0.4 is 15.4 Å². The van der Waals surface area contributed by atoms with Crippen molar-refractivity contribution in [3.05, 3.63) is 53.6 Å². The lowest BCUT2D eigenvalue weighted by atomic mass is 10.1. The van der Waals surface area contributed by atoms with Crippen LogP contribution in [0.15, 0.2) is 42.5 Å². The van der Waals surface area contributed by atoms with E-state index in [1.807, 2.05) is 24.3 Å². The van der Waals surface area contributed by atoms with Gasteiger partial charge in [-0.3, -0.25) is 4.79 Å². The zero-order chi connectivity index (χ0) is 18.2. The van der Waals surface area contributed by atoms with Crippen molar-refractivity contribution < 1.29 is 25.1 Å². The minimum atomic E-state index is -0.689. The number of methoxy groups -OCH3 is 1. The van der Waals surface area contributed by atoms with Crippen LogP contribution in [-0.4, -0.2) is 36.3 Å². The fourth-order valence-corrected chi connectivity index (χ4v) is 2.65. The molecule has 0 aliphatic rings. The van der Waals surface area contributed by atoms with Crippen molar-refractivity contribution >= 4 is 12.1 Å². The molecule has 0 spiro atoms. The molecule has 25 heavy (non-hydrogen) atoms. The van der Waals surface area contributed by atoms with Crippen molar-refractivity contribution in [3.63, 3.8) is 0 Å². The number of anilines is 1. The highest BCUT2D eigenvalue weighted by Gasteiger charge is 2.15. The normalized spacial score (nSPS) is 13.1. The van der Waals surface area contributed by atoms with Crippen LogP contribution >= 0.6 is 0 Å². The van der Waals surface area contributed by atoms with Crippen molar-refractivity contribution in [2.75, 3.05) is 19.0 Å². The Bertz CT molecular complexity index is 688. The Hall–Kier alpha value is -2.57. The minimum absolute atomic E-state index is 0.0279. The second-order valence-electron chi connectivity index (χ2n) is 6.06. The number of aliphatic hydroxyl groups excluding tert-OH is 1. The summed E-state index contributed by atoms with van der Waals surface area (Å²) in [5.41, 5.74) is 2.15. The topological polar surface area (TPSA) is 95.4 Å². The molecule has 0 saturated carbocycles. The van der Waals surface area contributed by atoms with Gasteiger partial charge >= 0.3 is 0 Å². The molecule has 2 atom stereocenters. The number of aromatic hydroxyl groups is 1. The standard InChI is InChI=1S/C19H24N2O4/c1-13(9-14-3-6-16(25-2)7-4-14)20-11-19(24)15-5-8-18(23)17(10-15)21-12-22/h3-8,10,12-13,19-20,23-24H,9,11H2,1-2H3,(H,21,22)/p+1/t13-,19+/m1/s1. The molecule has 0 unspecified atom stereocenters. The molecule has 0 aromatic heterocycles. The van der Waals surface area contributed by atoms with Crippen LogP contribution in [0.3, 0.4) is 0 Å². The van der Waals surface area contributed by atoms with Crippen LogP contribution in [0.1, 0.15) is 24.2 Å². The highest BCUT2D eigenvalue weighted by Crippen LogP contribution is 2.26. The highest BCUT2D eigenvalue weighted by atomic mass is 16.5. The monoisotopic (exact) mass is 345 g/mol. The van der Waals surface area contributed by atoms with Gasteiger partial charge < -0.3 is 25.6 Å². The van der Waals surface area contributed by atoms with E-state index in [1.54, 1.807) is 19.2 Å².